The van der Waals surface area contributed by atoms with Crippen molar-refractivity contribution >= 4 is 12.7 Å². The summed E-state index contributed by atoms with van der Waals surface area (Å²) in [4.78, 5) is 4.53. The van der Waals surface area contributed by atoms with Crippen molar-refractivity contribution in [1.82, 2.24) is 4.98 Å². The number of hydrogen-bond donors (Lipinski definition) is 0. The molecule has 1 aliphatic heterocycles. The first-order valence-corrected chi connectivity index (χ1v) is 7.59. The van der Waals surface area contributed by atoms with Gasteiger partial charge in [0.05, 0.1) is 16.8 Å². The molecule has 108 valence electrons. The lowest BCUT2D eigenvalue weighted by molar-refractivity contribution is 0.00578. The van der Waals surface area contributed by atoms with Crippen LogP contribution in [-0.2, 0) is 15.7 Å². The molecule has 0 atom stereocenters. The number of hydrogen-bond acceptors (Lipinski definition) is 3. The number of aromatic nitrogens is 1. The normalized spacial score (nSPS) is 24.1. The number of pyridine rings is 1. The molecule has 0 unspecified atom stereocenters. The highest BCUT2D eigenvalue weighted by Gasteiger charge is 2.52. The standard InChI is InChI=1S/C16H24BNO2/c1-11-10-18-14(9-13(11)8-12-6-7-12)17-19-15(2,3)16(4,5)20-17/h9-10,12H,6-8H2,1-5H3. The molecule has 2 fully saturated rings. The molecule has 0 bridgehead atoms. The highest BCUT2D eigenvalue weighted by molar-refractivity contribution is 6.61. The van der Waals surface area contributed by atoms with Crippen LogP contribution in [-0.4, -0.2) is 23.3 Å². The minimum Gasteiger partial charge on any atom is -0.398 e. The van der Waals surface area contributed by atoms with Crippen LogP contribution in [0.25, 0.3) is 0 Å². The van der Waals surface area contributed by atoms with E-state index in [-0.39, 0.29) is 18.3 Å². The smallest absolute Gasteiger partial charge is 0.398 e. The molecule has 0 spiro atoms. The fourth-order valence-electron chi connectivity index (χ4n) is 2.53. The van der Waals surface area contributed by atoms with Crippen LogP contribution in [0.5, 0.6) is 0 Å². The molecule has 3 rings (SSSR count). The Morgan fingerprint density at radius 2 is 1.80 bits per heavy atom. The van der Waals surface area contributed by atoms with Crippen molar-refractivity contribution in [2.24, 2.45) is 5.92 Å². The van der Waals surface area contributed by atoms with Gasteiger partial charge in [0.25, 0.3) is 0 Å². The van der Waals surface area contributed by atoms with Gasteiger partial charge in [0.2, 0.25) is 0 Å². The number of nitrogens with zero attached hydrogens (tertiary/aromatic N) is 1. The van der Waals surface area contributed by atoms with E-state index in [4.69, 9.17) is 9.31 Å². The summed E-state index contributed by atoms with van der Waals surface area (Å²) in [5, 5.41) is 0. The summed E-state index contributed by atoms with van der Waals surface area (Å²) in [6, 6.07) is 2.18. The lowest BCUT2D eigenvalue weighted by atomic mass is 9.82. The molecule has 1 saturated heterocycles. The first kappa shape index (κ1) is 14.1. The van der Waals surface area contributed by atoms with E-state index in [9.17, 15) is 0 Å². The van der Waals surface area contributed by atoms with E-state index in [1.165, 1.54) is 30.4 Å². The fraction of sp³-hybridized carbons (Fsp3) is 0.688. The number of rotatable bonds is 3. The average Bonchev–Trinajstić information content (AvgIpc) is 3.10. The van der Waals surface area contributed by atoms with Crippen LogP contribution in [0.4, 0.5) is 0 Å². The maximum absolute atomic E-state index is 6.08. The fourth-order valence-corrected chi connectivity index (χ4v) is 2.53. The molecule has 4 heteroatoms. The second-order valence-electron chi connectivity index (χ2n) is 7.27. The Bertz CT molecular complexity index is 507. The van der Waals surface area contributed by atoms with E-state index in [1.54, 1.807) is 0 Å². The van der Waals surface area contributed by atoms with Crippen LogP contribution in [0.1, 0.15) is 51.7 Å². The number of aryl methyl sites for hydroxylation is 1. The van der Waals surface area contributed by atoms with Crippen LogP contribution in [0.3, 0.4) is 0 Å². The zero-order valence-corrected chi connectivity index (χ0v) is 13.2. The third-order valence-corrected chi connectivity index (χ3v) is 4.94. The predicted octanol–water partition coefficient (Wildman–Crippen LogP) is 2.64. The van der Waals surface area contributed by atoms with E-state index in [0.717, 1.165) is 11.5 Å². The van der Waals surface area contributed by atoms with Gasteiger partial charge in [-0.05, 0) is 77.0 Å². The van der Waals surface area contributed by atoms with Gasteiger partial charge in [-0.2, -0.15) is 0 Å². The Balaban J connectivity index is 1.84. The van der Waals surface area contributed by atoms with Gasteiger partial charge in [-0.3, -0.25) is 4.98 Å². The summed E-state index contributed by atoms with van der Waals surface area (Å²) in [6.45, 7) is 10.4. The summed E-state index contributed by atoms with van der Waals surface area (Å²) in [5.74, 6) is 0.877. The maximum atomic E-state index is 6.08. The molecule has 1 aromatic rings. The lowest BCUT2D eigenvalue weighted by Gasteiger charge is -2.32. The van der Waals surface area contributed by atoms with Crippen molar-refractivity contribution in [1.29, 1.82) is 0 Å². The first-order chi connectivity index (χ1) is 9.28. The molecule has 1 aliphatic carbocycles. The summed E-state index contributed by atoms with van der Waals surface area (Å²) < 4.78 is 12.2. The van der Waals surface area contributed by atoms with E-state index in [0.29, 0.717) is 0 Å². The van der Waals surface area contributed by atoms with Crippen molar-refractivity contribution in [3.8, 4) is 0 Å². The van der Waals surface area contributed by atoms with Crippen molar-refractivity contribution in [2.45, 2.75) is 65.1 Å². The van der Waals surface area contributed by atoms with Gasteiger partial charge in [0.15, 0.2) is 0 Å². The molecule has 3 nitrogen and oxygen atoms in total. The summed E-state index contributed by atoms with van der Waals surface area (Å²) in [6.07, 6.45) is 5.86. The average molecular weight is 273 g/mol. The molecule has 0 aromatic carbocycles. The van der Waals surface area contributed by atoms with E-state index in [2.05, 4.69) is 45.7 Å². The summed E-state index contributed by atoms with van der Waals surface area (Å²) >= 11 is 0. The van der Waals surface area contributed by atoms with Gasteiger partial charge in [0, 0.05) is 6.20 Å². The van der Waals surface area contributed by atoms with E-state index in [1.807, 2.05) is 6.20 Å². The van der Waals surface area contributed by atoms with Crippen molar-refractivity contribution in [2.75, 3.05) is 0 Å². The van der Waals surface area contributed by atoms with Gasteiger partial charge in [-0.15, -0.1) is 0 Å². The third-order valence-electron chi connectivity index (χ3n) is 4.94. The van der Waals surface area contributed by atoms with Crippen molar-refractivity contribution in [3.05, 3.63) is 23.4 Å². The Morgan fingerprint density at radius 1 is 1.20 bits per heavy atom. The molecule has 0 radical (unpaired) electrons. The van der Waals surface area contributed by atoms with Crippen molar-refractivity contribution in [3.63, 3.8) is 0 Å². The minimum atomic E-state index is -0.349. The molecular formula is C16H24BNO2. The molecule has 1 saturated carbocycles. The molecule has 0 N–H and O–H groups in total. The molecule has 20 heavy (non-hydrogen) atoms. The Kier molecular flexibility index (Phi) is 3.22. The maximum Gasteiger partial charge on any atom is 0.514 e. The van der Waals surface area contributed by atoms with E-state index >= 15 is 0 Å². The van der Waals surface area contributed by atoms with Crippen LogP contribution >= 0.6 is 0 Å². The van der Waals surface area contributed by atoms with Gasteiger partial charge in [-0.1, -0.05) is 0 Å². The highest BCUT2D eigenvalue weighted by atomic mass is 16.7. The monoisotopic (exact) mass is 273 g/mol. The largest absolute Gasteiger partial charge is 0.514 e. The summed E-state index contributed by atoms with van der Waals surface area (Å²) in [7, 11) is -0.349. The van der Waals surface area contributed by atoms with Gasteiger partial charge < -0.3 is 9.31 Å². The lowest BCUT2D eigenvalue weighted by Crippen LogP contribution is -2.41. The third kappa shape index (κ3) is 2.51. The second kappa shape index (κ2) is 4.57. The van der Waals surface area contributed by atoms with Gasteiger partial charge in [-0.25, -0.2) is 0 Å². The SMILES string of the molecule is Cc1cnc(B2OC(C)(C)C(C)(C)O2)cc1CC1CC1. The van der Waals surface area contributed by atoms with Gasteiger partial charge in [0.1, 0.15) is 0 Å². The first-order valence-electron chi connectivity index (χ1n) is 7.59. The predicted molar refractivity (Wildman–Crippen MR) is 81.1 cm³/mol. The van der Waals surface area contributed by atoms with Gasteiger partial charge >= 0.3 is 7.12 Å². The summed E-state index contributed by atoms with van der Waals surface area (Å²) in [5.41, 5.74) is 2.97. The minimum absolute atomic E-state index is 0.305. The second-order valence-corrected chi connectivity index (χ2v) is 7.27. The molecular weight excluding hydrogens is 249 g/mol. The Hall–Kier alpha value is -0.865. The van der Waals surface area contributed by atoms with Crippen LogP contribution < -0.4 is 5.59 Å². The molecule has 2 aliphatic rings. The van der Waals surface area contributed by atoms with Crippen LogP contribution in [0, 0.1) is 12.8 Å². The Labute approximate surface area is 122 Å². The zero-order chi connectivity index (χ0) is 14.5. The van der Waals surface area contributed by atoms with Crippen LogP contribution in [0.2, 0.25) is 0 Å². The van der Waals surface area contributed by atoms with E-state index < -0.39 is 0 Å². The Morgan fingerprint density at radius 3 is 2.35 bits per heavy atom. The topological polar surface area (TPSA) is 31.4 Å². The van der Waals surface area contributed by atoms with Crippen LogP contribution in [0.15, 0.2) is 12.3 Å². The molecule has 1 aromatic heterocycles. The van der Waals surface area contributed by atoms with Crippen molar-refractivity contribution < 1.29 is 9.31 Å². The highest BCUT2D eigenvalue weighted by Crippen LogP contribution is 2.37. The molecule has 0 amide bonds. The zero-order valence-electron chi connectivity index (χ0n) is 13.2. The molecule has 2 heterocycles. The quantitative estimate of drug-likeness (QED) is 0.793.